The van der Waals surface area contributed by atoms with E-state index < -0.39 is 0 Å². The molecule has 0 aliphatic rings. The van der Waals surface area contributed by atoms with Gasteiger partial charge in [0.15, 0.2) is 0 Å². The van der Waals surface area contributed by atoms with E-state index in [1.807, 2.05) is 53.7 Å². The highest BCUT2D eigenvalue weighted by Gasteiger charge is 2.04. The second-order valence-corrected chi connectivity index (χ2v) is 4.41. The molecule has 0 spiro atoms. The quantitative estimate of drug-likeness (QED) is 0.839. The van der Waals surface area contributed by atoms with Gasteiger partial charge in [0.2, 0.25) is 0 Å². The van der Waals surface area contributed by atoms with Crippen LogP contribution in [0.15, 0.2) is 42.5 Å². The Morgan fingerprint density at radius 1 is 1.29 bits per heavy atom. The van der Waals surface area contributed by atoms with Crippen molar-refractivity contribution in [3.8, 4) is 5.69 Å². The fourth-order valence-electron chi connectivity index (χ4n) is 1.37. The van der Waals surface area contributed by atoms with E-state index in [9.17, 15) is 4.39 Å². The van der Waals surface area contributed by atoms with Gasteiger partial charge in [0, 0.05) is 11.9 Å². The molecule has 0 amide bonds. The minimum atomic E-state index is -0.220. The lowest BCUT2D eigenvalue weighted by Gasteiger charge is -2.03. The summed E-state index contributed by atoms with van der Waals surface area (Å²) in [6.07, 6.45) is 5.27. The van der Waals surface area contributed by atoms with Crippen molar-refractivity contribution >= 4 is 0 Å². The SMILES string of the molecule is C/C=C(\C)N.CC.Cc1ccc(-n2cnc(C)c2)c(F)c1. The Hall–Kier alpha value is -2.10. The lowest BCUT2D eigenvalue weighted by atomic mass is 10.2. The van der Waals surface area contributed by atoms with Gasteiger partial charge in [-0.05, 0) is 45.4 Å². The molecule has 0 radical (unpaired) electrons. The molecule has 1 aromatic heterocycles. The van der Waals surface area contributed by atoms with Crippen molar-refractivity contribution in [1.82, 2.24) is 9.55 Å². The number of imidazole rings is 1. The Kier molecular flexibility index (Phi) is 8.77. The Morgan fingerprint density at radius 2 is 1.86 bits per heavy atom. The van der Waals surface area contributed by atoms with Gasteiger partial charge in [-0.15, -0.1) is 0 Å². The first-order chi connectivity index (χ1) is 9.93. The van der Waals surface area contributed by atoms with Crippen LogP contribution in [0.1, 0.15) is 39.0 Å². The van der Waals surface area contributed by atoms with Gasteiger partial charge in [-0.2, -0.15) is 0 Å². The Balaban J connectivity index is 0.000000489. The number of aryl methyl sites for hydroxylation is 2. The van der Waals surface area contributed by atoms with E-state index in [-0.39, 0.29) is 5.82 Å². The van der Waals surface area contributed by atoms with Crippen LogP contribution in [0.3, 0.4) is 0 Å². The Morgan fingerprint density at radius 3 is 2.24 bits per heavy atom. The summed E-state index contributed by atoms with van der Waals surface area (Å²) >= 11 is 0. The van der Waals surface area contributed by atoms with Gasteiger partial charge in [-0.3, -0.25) is 0 Å². The predicted molar refractivity (Wildman–Crippen MR) is 88.0 cm³/mol. The maximum absolute atomic E-state index is 13.5. The third-order valence-electron chi connectivity index (χ3n) is 2.55. The highest BCUT2D eigenvalue weighted by Crippen LogP contribution is 2.14. The molecule has 0 unspecified atom stereocenters. The van der Waals surface area contributed by atoms with E-state index in [0.29, 0.717) is 5.69 Å². The molecular formula is C17H26FN3. The third-order valence-corrected chi connectivity index (χ3v) is 2.55. The van der Waals surface area contributed by atoms with Gasteiger partial charge >= 0.3 is 0 Å². The molecule has 2 N–H and O–H groups in total. The maximum atomic E-state index is 13.5. The summed E-state index contributed by atoms with van der Waals surface area (Å²) in [6.45, 7) is 11.5. The number of aromatic nitrogens is 2. The predicted octanol–water partition coefficient (Wildman–Crippen LogP) is 4.52. The first-order valence-corrected chi connectivity index (χ1v) is 7.09. The monoisotopic (exact) mass is 291 g/mol. The van der Waals surface area contributed by atoms with E-state index in [1.165, 1.54) is 6.07 Å². The van der Waals surface area contributed by atoms with E-state index >= 15 is 0 Å². The van der Waals surface area contributed by atoms with Gasteiger partial charge in [-0.1, -0.05) is 26.0 Å². The van der Waals surface area contributed by atoms with Gasteiger partial charge < -0.3 is 10.3 Å². The van der Waals surface area contributed by atoms with E-state index in [0.717, 1.165) is 17.0 Å². The molecule has 1 aromatic carbocycles. The van der Waals surface area contributed by atoms with Crippen LogP contribution in [0, 0.1) is 19.7 Å². The molecule has 0 saturated carbocycles. The van der Waals surface area contributed by atoms with E-state index in [4.69, 9.17) is 5.73 Å². The summed E-state index contributed by atoms with van der Waals surface area (Å²) in [5, 5.41) is 0. The summed E-state index contributed by atoms with van der Waals surface area (Å²) in [7, 11) is 0. The lowest BCUT2D eigenvalue weighted by Crippen LogP contribution is -1.94. The Bertz CT molecular complexity index is 567. The molecule has 3 nitrogen and oxygen atoms in total. The molecule has 0 aliphatic carbocycles. The van der Waals surface area contributed by atoms with Crippen molar-refractivity contribution in [2.75, 3.05) is 0 Å². The fraction of sp³-hybridized carbons (Fsp3) is 0.353. The average Bonchev–Trinajstić information content (AvgIpc) is 2.88. The molecule has 2 rings (SSSR count). The van der Waals surface area contributed by atoms with Gasteiger partial charge in [-0.25, -0.2) is 9.37 Å². The largest absolute Gasteiger partial charge is 0.403 e. The van der Waals surface area contributed by atoms with Crippen LogP contribution in [0.5, 0.6) is 0 Å². The number of hydrogen-bond donors (Lipinski definition) is 1. The fourth-order valence-corrected chi connectivity index (χ4v) is 1.37. The van der Waals surface area contributed by atoms with Crippen molar-refractivity contribution in [1.29, 1.82) is 0 Å². The molecule has 0 bridgehead atoms. The molecule has 1 heterocycles. The van der Waals surface area contributed by atoms with Crippen molar-refractivity contribution in [3.05, 3.63) is 59.6 Å². The second kappa shape index (κ2) is 9.75. The number of hydrogen-bond acceptors (Lipinski definition) is 2. The zero-order valence-corrected chi connectivity index (χ0v) is 13.8. The zero-order valence-electron chi connectivity index (χ0n) is 13.8. The highest BCUT2D eigenvalue weighted by atomic mass is 19.1. The topological polar surface area (TPSA) is 43.8 Å². The van der Waals surface area contributed by atoms with Crippen LogP contribution in [-0.2, 0) is 0 Å². The zero-order chi connectivity index (χ0) is 16.4. The molecule has 21 heavy (non-hydrogen) atoms. The van der Waals surface area contributed by atoms with Crippen molar-refractivity contribution in [2.24, 2.45) is 5.73 Å². The summed E-state index contributed by atoms with van der Waals surface area (Å²) in [4.78, 5) is 4.05. The van der Waals surface area contributed by atoms with Crippen molar-refractivity contribution < 1.29 is 4.39 Å². The minimum Gasteiger partial charge on any atom is -0.403 e. The molecule has 0 atom stereocenters. The number of rotatable bonds is 1. The molecule has 0 saturated heterocycles. The lowest BCUT2D eigenvalue weighted by molar-refractivity contribution is 0.617. The van der Waals surface area contributed by atoms with Crippen LogP contribution < -0.4 is 5.73 Å². The number of nitrogens with two attached hydrogens (primary N) is 1. The number of halogens is 1. The Labute approximate surface area is 127 Å². The molecule has 0 fully saturated rings. The van der Waals surface area contributed by atoms with Crippen LogP contribution in [-0.4, -0.2) is 9.55 Å². The van der Waals surface area contributed by atoms with Crippen LogP contribution in [0.25, 0.3) is 5.69 Å². The molecule has 0 aliphatic heterocycles. The van der Waals surface area contributed by atoms with Crippen molar-refractivity contribution in [3.63, 3.8) is 0 Å². The number of allylic oxidation sites excluding steroid dienone is 2. The summed E-state index contributed by atoms with van der Waals surface area (Å²) in [5.74, 6) is -0.220. The summed E-state index contributed by atoms with van der Waals surface area (Å²) in [6, 6.07) is 5.16. The summed E-state index contributed by atoms with van der Waals surface area (Å²) in [5.41, 5.74) is 8.37. The van der Waals surface area contributed by atoms with Crippen LogP contribution >= 0.6 is 0 Å². The van der Waals surface area contributed by atoms with Crippen LogP contribution in [0.2, 0.25) is 0 Å². The molecular weight excluding hydrogens is 265 g/mol. The van der Waals surface area contributed by atoms with Crippen LogP contribution in [0.4, 0.5) is 4.39 Å². The smallest absolute Gasteiger partial charge is 0.147 e. The molecule has 2 aromatic rings. The van der Waals surface area contributed by atoms with E-state index in [2.05, 4.69) is 4.98 Å². The van der Waals surface area contributed by atoms with E-state index in [1.54, 1.807) is 23.2 Å². The van der Waals surface area contributed by atoms with Gasteiger partial charge in [0.1, 0.15) is 5.82 Å². The average molecular weight is 291 g/mol. The number of nitrogens with zero attached hydrogens (tertiary/aromatic N) is 2. The summed E-state index contributed by atoms with van der Waals surface area (Å²) < 4.78 is 15.2. The first kappa shape index (κ1) is 18.9. The molecule has 4 heteroatoms. The second-order valence-electron chi connectivity index (χ2n) is 4.41. The number of benzene rings is 1. The highest BCUT2D eigenvalue weighted by molar-refractivity contribution is 5.36. The van der Waals surface area contributed by atoms with Crippen molar-refractivity contribution in [2.45, 2.75) is 41.5 Å². The normalized spacial score (nSPS) is 10.1. The molecule has 116 valence electrons. The minimum absolute atomic E-state index is 0.220. The van der Waals surface area contributed by atoms with Gasteiger partial charge in [0.05, 0.1) is 17.7 Å². The third kappa shape index (κ3) is 6.75. The van der Waals surface area contributed by atoms with Gasteiger partial charge in [0.25, 0.3) is 0 Å². The standard InChI is InChI=1S/C11H11FN2.C4H9N.C2H6/c1-8-3-4-11(10(12)5-8)14-6-9(2)13-7-14;1-3-4(2)5;1-2/h3-7H,1-2H3;3H,5H2,1-2H3;1-2H3/b;4-3+;. The maximum Gasteiger partial charge on any atom is 0.147 e. The first-order valence-electron chi connectivity index (χ1n) is 7.09.